The molecule has 0 saturated carbocycles. The Kier molecular flexibility index (Phi) is 7.41. The molecular weight excluding hydrogens is 364 g/mol. The van der Waals surface area contributed by atoms with Gasteiger partial charge in [0.25, 0.3) is 23.6 Å². The van der Waals surface area contributed by atoms with Crippen molar-refractivity contribution < 1.29 is 43.2 Å². The number of hydrogen-bond acceptors (Lipinski definition) is 9. The van der Waals surface area contributed by atoms with Crippen molar-refractivity contribution >= 4 is 35.6 Å². The van der Waals surface area contributed by atoms with Crippen LogP contribution in [0, 0.1) is 0 Å². The zero-order valence-electron chi connectivity index (χ0n) is 14.6. The smallest absolute Gasteiger partial charge is 0.333 e. The van der Waals surface area contributed by atoms with Crippen LogP contribution in [0.25, 0.3) is 0 Å². The molecule has 0 spiro atoms. The van der Waals surface area contributed by atoms with Gasteiger partial charge in [-0.25, -0.2) is 9.59 Å². The maximum absolute atomic E-state index is 11.5. The van der Waals surface area contributed by atoms with E-state index in [-0.39, 0.29) is 51.7 Å². The van der Waals surface area contributed by atoms with Gasteiger partial charge in [0.15, 0.2) is 0 Å². The number of hydroxylamine groups is 4. The van der Waals surface area contributed by atoms with Gasteiger partial charge in [-0.1, -0.05) is 0 Å². The zero-order chi connectivity index (χ0) is 19.8. The predicted octanol–water partition coefficient (Wildman–Crippen LogP) is -0.222. The molecule has 2 aliphatic rings. The quantitative estimate of drug-likeness (QED) is 0.369. The minimum Gasteiger partial charge on any atom is -0.381 e. The Morgan fingerprint density at radius 2 is 1.00 bits per heavy atom. The van der Waals surface area contributed by atoms with Gasteiger partial charge in [0.1, 0.15) is 0 Å². The minimum absolute atomic E-state index is 0.0295. The molecule has 0 radical (unpaired) electrons. The van der Waals surface area contributed by atoms with E-state index in [4.69, 9.17) is 14.4 Å². The minimum atomic E-state index is -0.703. The van der Waals surface area contributed by atoms with Crippen LogP contribution in [0.4, 0.5) is 0 Å². The Morgan fingerprint density at radius 3 is 1.33 bits per heavy atom. The second-order valence-electron chi connectivity index (χ2n) is 5.91. The Morgan fingerprint density at radius 1 is 0.667 bits per heavy atom. The van der Waals surface area contributed by atoms with Gasteiger partial charge < -0.3 is 14.4 Å². The Bertz CT molecular complexity index is 560. The molecule has 2 aliphatic heterocycles. The van der Waals surface area contributed by atoms with E-state index in [1.807, 2.05) is 0 Å². The Balaban J connectivity index is 1.48. The number of carbonyl (C=O) groups excluding carboxylic acids is 6. The first-order valence-electron chi connectivity index (χ1n) is 8.59. The van der Waals surface area contributed by atoms with Gasteiger partial charge in [0.05, 0.1) is 12.8 Å². The van der Waals surface area contributed by atoms with Crippen molar-refractivity contribution in [2.45, 2.75) is 51.4 Å². The van der Waals surface area contributed by atoms with Crippen LogP contribution in [0.1, 0.15) is 51.4 Å². The number of rotatable bonds is 10. The van der Waals surface area contributed by atoms with Crippen LogP contribution in [0.5, 0.6) is 0 Å². The zero-order valence-corrected chi connectivity index (χ0v) is 14.6. The summed E-state index contributed by atoms with van der Waals surface area (Å²) in [7, 11) is 0. The summed E-state index contributed by atoms with van der Waals surface area (Å²) in [6, 6.07) is 0. The number of ether oxygens (including phenoxy) is 1. The molecule has 2 rings (SSSR count). The van der Waals surface area contributed by atoms with E-state index in [1.165, 1.54) is 0 Å². The molecular formula is C16H20N2O9. The molecule has 2 heterocycles. The number of hydrogen-bond donors (Lipinski definition) is 0. The highest BCUT2D eigenvalue weighted by molar-refractivity contribution is 6.02. The van der Waals surface area contributed by atoms with Crippen molar-refractivity contribution in [2.75, 3.05) is 13.2 Å². The Labute approximate surface area is 154 Å². The van der Waals surface area contributed by atoms with Crippen LogP contribution in [-0.4, -0.2) is 58.9 Å². The summed E-state index contributed by atoms with van der Waals surface area (Å²) in [4.78, 5) is 77.6. The predicted molar refractivity (Wildman–Crippen MR) is 83.6 cm³/mol. The molecule has 27 heavy (non-hydrogen) atoms. The molecule has 2 saturated heterocycles. The van der Waals surface area contributed by atoms with Crippen molar-refractivity contribution in [3.8, 4) is 0 Å². The highest BCUT2D eigenvalue weighted by Crippen LogP contribution is 2.14. The van der Waals surface area contributed by atoms with E-state index in [9.17, 15) is 28.8 Å². The molecule has 148 valence electrons. The summed E-state index contributed by atoms with van der Waals surface area (Å²) >= 11 is 0. The first-order chi connectivity index (χ1) is 12.9. The molecule has 0 aliphatic carbocycles. The molecule has 2 fully saturated rings. The van der Waals surface area contributed by atoms with Gasteiger partial charge in [-0.2, -0.15) is 0 Å². The van der Waals surface area contributed by atoms with Crippen molar-refractivity contribution in [1.29, 1.82) is 0 Å². The monoisotopic (exact) mass is 384 g/mol. The molecule has 11 nitrogen and oxygen atoms in total. The summed E-state index contributed by atoms with van der Waals surface area (Å²) in [5.74, 6) is -3.54. The van der Waals surface area contributed by atoms with Crippen molar-refractivity contribution in [1.82, 2.24) is 10.1 Å². The Hall–Kier alpha value is -2.82. The molecule has 11 heteroatoms. The summed E-state index contributed by atoms with van der Waals surface area (Å²) in [5, 5.41) is 0.981. The van der Waals surface area contributed by atoms with E-state index in [2.05, 4.69) is 0 Å². The lowest BCUT2D eigenvalue weighted by atomic mass is 10.3. The number of amides is 4. The average Bonchev–Trinajstić information content (AvgIpc) is 3.11. The van der Waals surface area contributed by atoms with E-state index in [0.717, 1.165) is 0 Å². The normalized spacial score (nSPS) is 17.0. The fourth-order valence-corrected chi connectivity index (χ4v) is 2.35. The van der Waals surface area contributed by atoms with Gasteiger partial charge in [0.2, 0.25) is 0 Å². The van der Waals surface area contributed by atoms with Crippen molar-refractivity contribution in [2.24, 2.45) is 0 Å². The standard InChI is InChI=1S/C16H20N2O9/c19-11-5-6-12(20)17(11)26-15(23)3-1-9-25-10-2-4-16(24)27-18-13(21)7-8-14(18)22/h1-10H2. The lowest BCUT2D eigenvalue weighted by molar-refractivity contribution is -0.197. The maximum Gasteiger partial charge on any atom is 0.333 e. The van der Waals surface area contributed by atoms with Crippen LogP contribution in [0.15, 0.2) is 0 Å². The third-order valence-electron chi connectivity index (χ3n) is 3.74. The fraction of sp³-hybridized carbons (Fsp3) is 0.625. The SMILES string of the molecule is O=C(CCCOCCCC(=O)ON1C(=O)CCC1=O)ON1C(=O)CCC1=O. The molecule has 0 aromatic carbocycles. The number of carbonyl (C=O) groups is 6. The van der Waals surface area contributed by atoms with Crippen LogP contribution < -0.4 is 0 Å². The number of imide groups is 2. The van der Waals surface area contributed by atoms with Crippen LogP contribution in [-0.2, 0) is 43.2 Å². The second kappa shape index (κ2) is 9.76. The first kappa shape index (κ1) is 20.5. The lowest BCUT2D eigenvalue weighted by Crippen LogP contribution is -2.32. The lowest BCUT2D eigenvalue weighted by Gasteiger charge is -2.13. The fourth-order valence-electron chi connectivity index (χ4n) is 2.35. The van der Waals surface area contributed by atoms with Gasteiger partial charge in [0, 0.05) is 38.9 Å². The topological polar surface area (TPSA) is 137 Å². The third kappa shape index (κ3) is 6.13. The molecule has 0 bridgehead atoms. The molecule has 0 aromatic heterocycles. The van der Waals surface area contributed by atoms with Crippen LogP contribution in [0.3, 0.4) is 0 Å². The van der Waals surface area contributed by atoms with E-state index >= 15 is 0 Å². The van der Waals surface area contributed by atoms with E-state index in [1.54, 1.807) is 0 Å². The van der Waals surface area contributed by atoms with E-state index in [0.29, 0.717) is 23.0 Å². The molecule has 4 amide bonds. The molecule has 0 aromatic rings. The summed E-state index contributed by atoms with van der Waals surface area (Å²) in [5.41, 5.74) is 0. The third-order valence-corrected chi connectivity index (χ3v) is 3.74. The van der Waals surface area contributed by atoms with Gasteiger partial charge >= 0.3 is 11.9 Å². The number of nitrogens with zero attached hydrogens (tertiary/aromatic N) is 2. The van der Waals surface area contributed by atoms with E-state index < -0.39 is 35.6 Å². The van der Waals surface area contributed by atoms with Crippen LogP contribution >= 0.6 is 0 Å². The second-order valence-corrected chi connectivity index (χ2v) is 5.91. The largest absolute Gasteiger partial charge is 0.381 e. The molecule has 0 atom stereocenters. The summed E-state index contributed by atoms with van der Waals surface area (Å²) < 4.78 is 5.25. The summed E-state index contributed by atoms with van der Waals surface area (Å²) in [6.07, 6.45) is 0.730. The van der Waals surface area contributed by atoms with Gasteiger partial charge in [-0.15, -0.1) is 10.1 Å². The average molecular weight is 384 g/mol. The first-order valence-corrected chi connectivity index (χ1v) is 8.59. The van der Waals surface area contributed by atoms with Gasteiger partial charge in [-0.3, -0.25) is 19.2 Å². The highest BCUT2D eigenvalue weighted by atomic mass is 16.7. The van der Waals surface area contributed by atoms with Crippen molar-refractivity contribution in [3.63, 3.8) is 0 Å². The van der Waals surface area contributed by atoms with Crippen LogP contribution in [0.2, 0.25) is 0 Å². The van der Waals surface area contributed by atoms with Crippen molar-refractivity contribution in [3.05, 3.63) is 0 Å². The molecule has 0 N–H and O–H groups in total. The van der Waals surface area contributed by atoms with Gasteiger partial charge in [-0.05, 0) is 12.8 Å². The highest BCUT2D eigenvalue weighted by Gasteiger charge is 2.33. The summed E-state index contributed by atoms with van der Waals surface area (Å²) in [6.45, 7) is 0.435. The molecule has 0 unspecified atom stereocenters. The maximum atomic E-state index is 11.5.